The van der Waals surface area contributed by atoms with Crippen LogP contribution in [0.2, 0.25) is 0 Å². The normalized spacial score (nSPS) is 17.1. The molecule has 1 atom stereocenters. The first-order valence-electron chi connectivity index (χ1n) is 10.0. The first-order chi connectivity index (χ1) is 13.7. The molecule has 0 aliphatic carbocycles. The Morgan fingerprint density at radius 3 is 2.64 bits per heavy atom. The van der Waals surface area contributed by atoms with Crippen LogP contribution >= 0.6 is 0 Å². The Bertz CT molecular complexity index is 791. The van der Waals surface area contributed by atoms with E-state index in [2.05, 4.69) is 10.2 Å². The highest BCUT2D eigenvalue weighted by Crippen LogP contribution is 2.27. The average Bonchev–Trinajstić information content (AvgIpc) is 2.74. The van der Waals surface area contributed by atoms with E-state index in [0.717, 1.165) is 36.2 Å². The van der Waals surface area contributed by atoms with Crippen LogP contribution in [0.1, 0.15) is 26.2 Å². The third-order valence-electron chi connectivity index (χ3n) is 5.07. The van der Waals surface area contributed by atoms with Gasteiger partial charge in [0.15, 0.2) is 0 Å². The van der Waals surface area contributed by atoms with Crippen molar-refractivity contribution in [2.75, 3.05) is 31.6 Å². The van der Waals surface area contributed by atoms with Gasteiger partial charge in [-0.05, 0) is 37.9 Å². The molecule has 28 heavy (non-hydrogen) atoms. The predicted molar refractivity (Wildman–Crippen MR) is 111 cm³/mol. The molecule has 1 aliphatic rings. The van der Waals surface area contributed by atoms with Gasteiger partial charge in [0, 0.05) is 30.8 Å². The van der Waals surface area contributed by atoms with Crippen molar-refractivity contribution in [3.8, 4) is 11.1 Å². The van der Waals surface area contributed by atoms with Gasteiger partial charge in [0.2, 0.25) is 5.91 Å². The fourth-order valence-electron chi connectivity index (χ4n) is 3.65. The number of hydrogen-bond donors (Lipinski definition) is 1. The van der Waals surface area contributed by atoms with Gasteiger partial charge in [0.1, 0.15) is 0 Å². The third kappa shape index (κ3) is 5.42. The zero-order chi connectivity index (χ0) is 19.8. The molecule has 148 valence electrons. The van der Waals surface area contributed by atoms with Crippen LogP contribution < -0.4 is 5.32 Å². The fourth-order valence-corrected chi connectivity index (χ4v) is 3.65. The molecule has 1 amide bonds. The Kier molecular flexibility index (Phi) is 7.20. The molecule has 0 saturated carbocycles. The summed E-state index contributed by atoms with van der Waals surface area (Å²) in [5, 5.41) is 3.05. The molecule has 1 heterocycles. The number of likely N-dealkylation sites (tertiary alicyclic amines) is 1. The van der Waals surface area contributed by atoms with Gasteiger partial charge in [-0.15, -0.1) is 0 Å². The molecule has 0 bridgehead atoms. The molecule has 1 N–H and O–H groups in total. The van der Waals surface area contributed by atoms with Crippen molar-refractivity contribution < 1.29 is 14.3 Å². The molecule has 0 unspecified atom stereocenters. The highest BCUT2D eigenvalue weighted by Gasteiger charge is 2.26. The second kappa shape index (κ2) is 10.0. The molecule has 1 fully saturated rings. The Hall–Kier alpha value is -2.66. The summed E-state index contributed by atoms with van der Waals surface area (Å²) in [7, 11) is 0. The highest BCUT2D eigenvalue weighted by molar-refractivity contribution is 5.95. The van der Waals surface area contributed by atoms with Gasteiger partial charge in [0.25, 0.3) is 0 Å². The van der Waals surface area contributed by atoms with Crippen LogP contribution in [0.25, 0.3) is 11.1 Å². The molecule has 5 nitrogen and oxygen atoms in total. The second-order valence-corrected chi connectivity index (χ2v) is 7.10. The lowest BCUT2D eigenvalue weighted by Gasteiger charge is -2.31. The number of ether oxygens (including phenoxy) is 1. The predicted octanol–water partition coefficient (Wildman–Crippen LogP) is 3.96. The fraction of sp³-hybridized carbons (Fsp3) is 0.391. The van der Waals surface area contributed by atoms with Crippen molar-refractivity contribution in [2.24, 2.45) is 5.92 Å². The first-order valence-corrected chi connectivity index (χ1v) is 10.0. The van der Waals surface area contributed by atoms with E-state index in [-0.39, 0.29) is 17.8 Å². The van der Waals surface area contributed by atoms with Gasteiger partial charge < -0.3 is 15.0 Å². The first kappa shape index (κ1) is 20.1. The van der Waals surface area contributed by atoms with Gasteiger partial charge in [0.05, 0.1) is 12.5 Å². The molecule has 2 aromatic rings. The van der Waals surface area contributed by atoms with Crippen molar-refractivity contribution in [1.82, 2.24) is 4.90 Å². The standard InChI is InChI=1S/C23H28N2O3/c1-2-28-23(27)19-11-8-15-25(17-19)16-14-22(26)24-21-13-7-6-12-20(21)18-9-4-3-5-10-18/h3-7,9-10,12-13,19H,2,8,11,14-17H2,1H3,(H,24,26)/t19-/m0/s1. The zero-order valence-corrected chi connectivity index (χ0v) is 16.4. The Morgan fingerprint density at radius 2 is 1.86 bits per heavy atom. The monoisotopic (exact) mass is 380 g/mol. The van der Waals surface area contributed by atoms with Gasteiger partial charge in [-0.3, -0.25) is 9.59 Å². The maximum atomic E-state index is 12.5. The minimum absolute atomic E-state index is 0.0124. The van der Waals surface area contributed by atoms with Crippen LogP contribution in [-0.4, -0.2) is 43.0 Å². The Morgan fingerprint density at radius 1 is 1.11 bits per heavy atom. The lowest BCUT2D eigenvalue weighted by molar-refractivity contribution is -0.149. The summed E-state index contributed by atoms with van der Waals surface area (Å²) >= 11 is 0. The highest BCUT2D eigenvalue weighted by atomic mass is 16.5. The van der Waals surface area contributed by atoms with Crippen molar-refractivity contribution in [2.45, 2.75) is 26.2 Å². The van der Waals surface area contributed by atoms with Gasteiger partial charge >= 0.3 is 5.97 Å². The summed E-state index contributed by atoms with van der Waals surface area (Å²) in [5.74, 6) is -0.203. The molecular weight excluding hydrogens is 352 g/mol. The third-order valence-corrected chi connectivity index (χ3v) is 5.07. The van der Waals surface area contributed by atoms with Crippen LogP contribution in [0, 0.1) is 5.92 Å². The number of anilines is 1. The summed E-state index contributed by atoms with van der Waals surface area (Å²) in [6.45, 7) is 4.49. The SMILES string of the molecule is CCOC(=O)[C@H]1CCCN(CCC(=O)Nc2ccccc2-c2ccccc2)C1. The quantitative estimate of drug-likeness (QED) is 0.739. The van der Waals surface area contributed by atoms with Gasteiger partial charge in [-0.1, -0.05) is 48.5 Å². The second-order valence-electron chi connectivity index (χ2n) is 7.10. The van der Waals surface area contributed by atoms with E-state index >= 15 is 0 Å². The maximum Gasteiger partial charge on any atom is 0.310 e. The summed E-state index contributed by atoms with van der Waals surface area (Å²) in [5.41, 5.74) is 2.91. The molecule has 0 aromatic heterocycles. The topological polar surface area (TPSA) is 58.6 Å². The number of hydrogen-bond acceptors (Lipinski definition) is 4. The molecule has 0 spiro atoms. The van der Waals surface area contributed by atoms with E-state index < -0.39 is 0 Å². The largest absolute Gasteiger partial charge is 0.466 e. The molecule has 2 aromatic carbocycles. The summed E-state index contributed by atoms with van der Waals surface area (Å²) < 4.78 is 5.14. The summed E-state index contributed by atoms with van der Waals surface area (Å²) in [4.78, 5) is 26.7. The maximum absolute atomic E-state index is 12.5. The molecule has 5 heteroatoms. The molecule has 3 rings (SSSR count). The number of amides is 1. The molecular formula is C23H28N2O3. The van der Waals surface area contributed by atoms with Crippen molar-refractivity contribution in [1.29, 1.82) is 0 Å². The van der Waals surface area contributed by atoms with E-state index in [1.807, 2.05) is 61.5 Å². The molecule has 1 aliphatic heterocycles. The van der Waals surface area contributed by atoms with Crippen molar-refractivity contribution in [3.63, 3.8) is 0 Å². The zero-order valence-electron chi connectivity index (χ0n) is 16.4. The van der Waals surface area contributed by atoms with Crippen LogP contribution in [0.4, 0.5) is 5.69 Å². The number of nitrogens with zero attached hydrogens (tertiary/aromatic N) is 1. The number of piperidine rings is 1. The number of rotatable bonds is 7. The van der Waals surface area contributed by atoms with Gasteiger partial charge in [-0.2, -0.15) is 0 Å². The van der Waals surface area contributed by atoms with Crippen molar-refractivity contribution >= 4 is 17.6 Å². The van der Waals surface area contributed by atoms with Gasteiger partial charge in [-0.25, -0.2) is 0 Å². The van der Waals surface area contributed by atoms with E-state index in [1.165, 1.54) is 0 Å². The number of benzene rings is 2. The summed E-state index contributed by atoms with van der Waals surface area (Å²) in [6, 6.07) is 17.9. The lowest BCUT2D eigenvalue weighted by Crippen LogP contribution is -2.40. The van der Waals surface area contributed by atoms with Crippen LogP contribution in [-0.2, 0) is 14.3 Å². The van der Waals surface area contributed by atoms with E-state index in [0.29, 0.717) is 26.1 Å². The molecule has 1 saturated heterocycles. The minimum atomic E-state index is -0.117. The number of carbonyl (C=O) groups excluding carboxylic acids is 2. The minimum Gasteiger partial charge on any atom is -0.466 e. The van der Waals surface area contributed by atoms with E-state index in [1.54, 1.807) is 0 Å². The van der Waals surface area contributed by atoms with Crippen LogP contribution in [0.3, 0.4) is 0 Å². The van der Waals surface area contributed by atoms with Crippen LogP contribution in [0.15, 0.2) is 54.6 Å². The number of nitrogens with one attached hydrogen (secondary N) is 1. The Balaban J connectivity index is 1.55. The number of esters is 1. The van der Waals surface area contributed by atoms with E-state index in [9.17, 15) is 9.59 Å². The number of carbonyl (C=O) groups is 2. The van der Waals surface area contributed by atoms with Crippen molar-refractivity contribution in [3.05, 3.63) is 54.6 Å². The average molecular weight is 380 g/mol. The smallest absolute Gasteiger partial charge is 0.310 e. The lowest BCUT2D eigenvalue weighted by atomic mass is 9.98. The van der Waals surface area contributed by atoms with Crippen LogP contribution in [0.5, 0.6) is 0 Å². The Labute approximate surface area is 166 Å². The number of para-hydroxylation sites is 1. The molecule has 0 radical (unpaired) electrons. The summed E-state index contributed by atoms with van der Waals surface area (Å²) in [6.07, 6.45) is 2.23. The van der Waals surface area contributed by atoms with E-state index in [4.69, 9.17) is 4.74 Å².